The van der Waals surface area contributed by atoms with Gasteiger partial charge in [0.25, 0.3) is 0 Å². The zero-order valence-electron chi connectivity index (χ0n) is 9.92. The third kappa shape index (κ3) is 1.80. The highest BCUT2D eigenvalue weighted by molar-refractivity contribution is 7.19. The highest BCUT2D eigenvalue weighted by Gasteiger charge is 2.21. The van der Waals surface area contributed by atoms with Gasteiger partial charge in [-0.1, -0.05) is 11.3 Å². The van der Waals surface area contributed by atoms with Crippen molar-refractivity contribution in [3.8, 4) is 11.3 Å². The number of imidazole rings is 1. The number of aromatic nitrogens is 2. The zero-order chi connectivity index (χ0) is 13.6. The maximum Gasteiger partial charge on any atom is 0.348 e. The van der Waals surface area contributed by atoms with Crippen molar-refractivity contribution in [1.29, 1.82) is 0 Å². The summed E-state index contributed by atoms with van der Waals surface area (Å²) in [6.07, 6.45) is 1.69. The molecule has 0 radical (unpaired) electrons. The van der Waals surface area contributed by atoms with Gasteiger partial charge in [0.15, 0.2) is 4.96 Å². The lowest BCUT2D eigenvalue weighted by atomic mass is 10.1. The molecule has 0 amide bonds. The van der Waals surface area contributed by atoms with Crippen molar-refractivity contribution in [2.45, 2.75) is 6.92 Å². The molecule has 0 unspecified atom stereocenters. The molecule has 3 rings (SSSR count). The summed E-state index contributed by atoms with van der Waals surface area (Å²) in [5.41, 5.74) is 2.05. The molecule has 6 heteroatoms. The molecule has 1 N–H and O–H groups in total. The largest absolute Gasteiger partial charge is 0.477 e. The van der Waals surface area contributed by atoms with Crippen LogP contribution in [-0.4, -0.2) is 20.5 Å². The number of halogens is 1. The average Bonchev–Trinajstić information content (AvgIpc) is 2.91. The number of hydrogen-bond acceptors (Lipinski definition) is 3. The van der Waals surface area contributed by atoms with Gasteiger partial charge in [0, 0.05) is 17.5 Å². The number of rotatable bonds is 2. The van der Waals surface area contributed by atoms with Crippen molar-refractivity contribution in [2.24, 2.45) is 0 Å². The predicted octanol–water partition coefficient (Wildman–Crippen LogP) is 3.21. The number of carbonyl (C=O) groups is 1. The summed E-state index contributed by atoms with van der Waals surface area (Å²) in [4.78, 5) is 16.3. The first-order valence-corrected chi connectivity index (χ1v) is 6.35. The summed E-state index contributed by atoms with van der Waals surface area (Å²) in [6.45, 7) is 1.85. The van der Waals surface area contributed by atoms with Crippen molar-refractivity contribution in [3.05, 3.63) is 46.9 Å². The van der Waals surface area contributed by atoms with Gasteiger partial charge in [-0.15, -0.1) is 0 Å². The van der Waals surface area contributed by atoms with E-state index in [-0.39, 0.29) is 10.7 Å². The Balaban J connectivity index is 2.36. The van der Waals surface area contributed by atoms with Gasteiger partial charge in [-0.25, -0.2) is 14.2 Å². The third-order valence-corrected chi connectivity index (χ3v) is 3.89. The molecule has 0 spiro atoms. The molecular formula is C13H9FN2O2S. The van der Waals surface area contributed by atoms with Crippen LogP contribution < -0.4 is 0 Å². The number of aryl methyl sites for hydroxylation is 1. The van der Waals surface area contributed by atoms with Crippen LogP contribution >= 0.6 is 11.3 Å². The quantitative estimate of drug-likeness (QED) is 0.782. The van der Waals surface area contributed by atoms with E-state index in [9.17, 15) is 14.3 Å². The van der Waals surface area contributed by atoms with Crippen LogP contribution in [0, 0.1) is 12.7 Å². The van der Waals surface area contributed by atoms with Crippen LogP contribution in [0.15, 0.2) is 30.5 Å². The van der Waals surface area contributed by atoms with E-state index in [1.807, 2.05) is 6.92 Å². The molecule has 0 aliphatic heterocycles. The van der Waals surface area contributed by atoms with Gasteiger partial charge in [0.2, 0.25) is 0 Å². The number of aromatic carboxylic acids is 1. The first-order valence-electron chi connectivity index (χ1n) is 5.54. The molecule has 0 saturated carbocycles. The smallest absolute Gasteiger partial charge is 0.348 e. The van der Waals surface area contributed by atoms with Crippen LogP contribution in [0.4, 0.5) is 4.39 Å². The van der Waals surface area contributed by atoms with E-state index in [1.165, 1.54) is 12.1 Å². The SMILES string of the molecule is Cc1cnc2sc(C(=O)O)c(-c3ccc(F)cc3)n12. The van der Waals surface area contributed by atoms with E-state index in [0.29, 0.717) is 16.2 Å². The summed E-state index contributed by atoms with van der Waals surface area (Å²) in [5, 5.41) is 9.29. The van der Waals surface area contributed by atoms with Crippen LogP contribution in [0.3, 0.4) is 0 Å². The highest BCUT2D eigenvalue weighted by Crippen LogP contribution is 2.32. The fraction of sp³-hybridized carbons (Fsp3) is 0.0769. The third-order valence-electron chi connectivity index (χ3n) is 2.85. The summed E-state index contributed by atoms with van der Waals surface area (Å²) in [6, 6.07) is 5.78. The van der Waals surface area contributed by atoms with E-state index in [1.54, 1.807) is 22.7 Å². The topological polar surface area (TPSA) is 54.6 Å². The van der Waals surface area contributed by atoms with E-state index in [0.717, 1.165) is 17.0 Å². The molecule has 3 aromatic rings. The first-order chi connectivity index (χ1) is 9.08. The molecule has 4 nitrogen and oxygen atoms in total. The molecule has 2 aromatic heterocycles. The van der Waals surface area contributed by atoms with Crippen molar-refractivity contribution < 1.29 is 14.3 Å². The maximum atomic E-state index is 13.0. The lowest BCUT2D eigenvalue weighted by Gasteiger charge is -2.03. The number of carboxylic acid groups (broad SMARTS) is 1. The zero-order valence-corrected chi connectivity index (χ0v) is 10.7. The molecule has 96 valence electrons. The second kappa shape index (κ2) is 4.17. The molecular weight excluding hydrogens is 267 g/mol. The summed E-state index contributed by atoms with van der Waals surface area (Å²) < 4.78 is 14.8. The van der Waals surface area contributed by atoms with Gasteiger partial charge >= 0.3 is 5.97 Å². The van der Waals surface area contributed by atoms with E-state index in [2.05, 4.69) is 4.98 Å². The first kappa shape index (κ1) is 11.9. The second-order valence-electron chi connectivity index (χ2n) is 4.11. The van der Waals surface area contributed by atoms with E-state index < -0.39 is 5.97 Å². The van der Waals surface area contributed by atoms with Crippen molar-refractivity contribution in [3.63, 3.8) is 0 Å². The second-order valence-corrected chi connectivity index (χ2v) is 5.09. The number of thiazole rings is 1. The fourth-order valence-electron chi connectivity index (χ4n) is 2.01. The van der Waals surface area contributed by atoms with Crippen molar-refractivity contribution >= 4 is 22.3 Å². The monoisotopic (exact) mass is 276 g/mol. The van der Waals surface area contributed by atoms with E-state index in [4.69, 9.17) is 0 Å². The molecule has 0 bridgehead atoms. The Bertz CT molecular complexity index is 774. The fourth-order valence-corrected chi connectivity index (χ4v) is 3.02. The Labute approximate surface area is 111 Å². The molecule has 0 aliphatic carbocycles. The molecule has 1 aromatic carbocycles. The average molecular weight is 276 g/mol. The minimum absolute atomic E-state index is 0.206. The van der Waals surface area contributed by atoms with Crippen LogP contribution in [0.5, 0.6) is 0 Å². The molecule has 0 saturated heterocycles. The van der Waals surface area contributed by atoms with Crippen LogP contribution in [0.1, 0.15) is 15.4 Å². The van der Waals surface area contributed by atoms with E-state index >= 15 is 0 Å². The van der Waals surface area contributed by atoms with Crippen molar-refractivity contribution in [2.75, 3.05) is 0 Å². The van der Waals surface area contributed by atoms with Gasteiger partial charge in [0.1, 0.15) is 10.7 Å². The molecule has 0 aliphatic rings. The highest BCUT2D eigenvalue weighted by atomic mass is 32.1. The number of benzene rings is 1. The normalized spacial score (nSPS) is 11.1. The molecule has 0 fully saturated rings. The van der Waals surface area contributed by atoms with Crippen LogP contribution in [0.2, 0.25) is 0 Å². The summed E-state index contributed by atoms with van der Waals surface area (Å²) in [5.74, 6) is -1.36. The van der Waals surface area contributed by atoms with Gasteiger partial charge < -0.3 is 5.11 Å². The lowest BCUT2D eigenvalue weighted by Crippen LogP contribution is -1.98. The minimum atomic E-state index is -1.01. The Kier molecular flexibility index (Phi) is 2.60. The number of nitrogens with zero attached hydrogens (tertiary/aromatic N) is 2. The molecule has 2 heterocycles. The maximum absolute atomic E-state index is 13.0. The van der Waals surface area contributed by atoms with Gasteiger partial charge in [-0.3, -0.25) is 4.40 Å². The standard InChI is InChI=1S/C13H9FN2O2S/c1-7-6-15-13-16(7)10(11(19-13)12(17)18)8-2-4-9(14)5-3-8/h2-6H,1H3,(H,17,18). The number of carboxylic acids is 1. The Morgan fingerprint density at radius 2 is 2.05 bits per heavy atom. The predicted molar refractivity (Wildman–Crippen MR) is 70.2 cm³/mol. The summed E-state index contributed by atoms with van der Waals surface area (Å²) in [7, 11) is 0. The number of hydrogen-bond donors (Lipinski definition) is 1. The summed E-state index contributed by atoms with van der Waals surface area (Å²) >= 11 is 1.11. The Morgan fingerprint density at radius 1 is 1.37 bits per heavy atom. The lowest BCUT2D eigenvalue weighted by molar-refractivity contribution is 0.0702. The Hall–Kier alpha value is -2.21. The Morgan fingerprint density at radius 3 is 2.68 bits per heavy atom. The van der Waals surface area contributed by atoms with Crippen LogP contribution in [-0.2, 0) is 0 Å². The van der Waals surface area contributed by atoms with Gasteiger partial charge in [-0.2, -0.15) is 0 Å². The minimum Gasteiger partial charge on any atom is -0.477 e. The van der Waals surface area contributed by atoms with Crippen LogP contribution in [0.25, 0.3) is 16.2 Å². The number of fused-ring (bicyclic) bond motifs is 1. The van der Waals surface area contributed by atoms with Crippen molar-refractivity contribution in [1.82, 2.24) is 9.38 Å². The molecule has 0 atom stereocenters. The molecule has 19 heavy (non-hydrogen) atoms. The van der Waals surface area contributed by atoms with Gasteiger partial charge in [0.05, 0.1) is 5.69 Å². The van der Waals surface area contributed by atoms with Gasteiger partial charge in [-0.05, 0) is 31.2 Å².